The molecule has 0 bridgehead atoms. The van der Waals surface area contributed by atoms with Crippen molar-refractivity contribution in [2.75, 3.05) is 0 Å². The van der Waals surface area contributed by atoms with Crippen molar-refractivity contribution in [2.24, 2.45) is 0 Å². The van der Waals surface area contributed by atoms with Gasteiger partial charge in [-0.15, -0.1) is 0 Å². The Balaban J connectivity index is 1.47. The maximum atomic E-state index is 5.40. The molecule has 2 aromatic rings. The highest BCUT2D eigenvalue weighted by Crippen LogP contribution is 2.40. The van der Waals surface area contributed by atoms with Crippen molar-refractivity contribution >= 4 is 15.9 Å². The van der Waals surface area contributed by atoms with Gasteiger partial charge in [0.15, 0.2) is 0 Å². The molecule has 0 saturated heterocycles. The monoisotopic (exact) mass is 333 g/mol. The number of rotatable bonds is 5. The number of hydrogen-bond acceptors (Lipinski definition) is 2. The molecule has 1 saturated carbocycles. The van der Waals surface area contributed by atoms with E-state index in [1.165, 1.54) is 22.9 Å². The van der Waals surface area contributed by atoms with Crippen molar-refractivity contribution in [2.45, 2.75) is 44.2 Å². The van der Waals surface area contributed by atoms with E-state index in [9.17, 15) is 0 Å². The van der Waals surface area contributed by atoms with E-state index in [4.69, 9.17) is 4.42 Å². The van der Waals surface area contributed by atoms with Crippen molar-refractivity contribution in [1.29, 1.82) is 0 Å². The topological polar surface area (TPSA) is 25.2 Å². The number of nitrogens with one attached hydrogen (secondary N) is 1. The fourth-order valence-electron chi connectivity index (χ4n) is 3.01. The van der Waals surface area contributed by atoms with Crippen LogP contribution >= 0.6 is 15.9 Å². The Bertz CT molecular complexity index is 546. The molecular formula is C17H20BrNO. The maximum absolute atomic E-state index is 5.40. The molecule has 0 spiro atoms. The van der Waals surface area contributed by atoms with Crippen molar-refractivity contribution in [3.8, 4) is 0 Å². The lowest BCUT2D eigenvalue weighted by Crippen LogP contribution is -2.45. The summed E-state index contributed by atoms with van der Waals surface area (Å²) in [5.74, 6) is 1.76. The zero-order valence-corrected chi connectivity index (χ0v) is 13.3. The van der Waals surface area contributed by atoms with Crippen molar-refractivity contribution < 1.29 is 4.42 Å². The first kappa shape index (κ1) is 13.9. The van der Waals surface area contributed by atoms with Gasteiger partial charge in [0.1, 0.15) is 5.76 Å². The quantitative estimate of drug-likeness (QED) is 0.870. The number of benzene rings is 1. The van der Waals surface area contributed by atoms with E-state index in [1.807, 2.05) is 12.1 Å². The van der Waals surface area contributed by atoms with Crippen LogP contribution in [0, 0.1) is 0 Å². The van der Waals surface area contributed by atoms with Crippen LogP contribution in [-0.4, -0.2) is 12.1 Å². The SMILES string of the molecule is CC(Cc1ccco1)NC1CC(c2ccccc2Br)C1. The van der Waals surface area contributed by atoms with E-state index in [2.05, 4.69) is 52.4 Å². The molecular weight excluding hydrogens is 314 g/mol. The lowest BCUT2D eigenvalue weighted by atomic mass is 9.75. The van der Waals surface area contributed by atoms with Gasteiger partial charge in [0.05, 0.1) is 6.26 Å². The Morgan fingerprint density at radius 3 is 2.75 bits per heavy atom. The van der Waals surface area contributed by atoms with Crippen LogP contribution in [0.5, 0.6) is 0 Å². The van der Waals surface area contributed by atoms with E-state index < -0.39 is 0 Å². The van der Waals surface area contributed by atoms with Crippen LogP contribution in [0.1, 0.15) is 37.0 Å². The third-order valence-corrected chi connectivity index (χ3v) is 4.81. The number of halogens is 1. The minimum atomic E-state index is 0.464. The minimum Gasteiger partial charge on any atom is -0.469 e. The average Bonchev–Trinajstić information content (AvgIpc) is 2.87. The average molecular weight is 334 g/mol. The maximum Gasteiger partial charge on any atom is 0.105 e. The van der Waals surface area contributed by atoms with E-state index in [0.717, 1.165) is 12.2 Å². The van der Waals surface area contributed by atoms with Gasteiger partial charge in [-0.05, 0) is 49.4 Å². The van der Waals surface area contributed by atoms with Gasteiger partial charge in [-0.25, -0.2) is 0 Å². The van der Waals surface area contributed by atoms with E-state index in [0.29, 0.717) is 18.0 Å². The molecule has 1 N–H and O–H groups in total. The van der Waals surface area contributed by atoms with Crippen LogP contribution in [0.15, 0.2) is 51.6 Å². The van der Waals surface area contributed by atoms with Crippen molar-refractivity contribution in [3.05, 3.63) is 58.5 Å². The largest absolute Gasteiger partial charge is 0.469 e. The van der Waals surface area contributed by atoms with Crippen LogP contribution in [0.25, 0.3) is 0 Å². The Labute approximate surface area is 128 Å². The van der Waals surface area contributed by atoms with Gasteiger partial charge in [-0.2, -0.15) is 0 Å². The summed E-state index contributed by atoms with van der Waals surface area (Å²) in [7, 11) is 0. The van der Waals surface area contributed by atoms with Crippen LogP contribution in [0.2, 0.25) is 0 Å². The third kappa shape index (κ3) is 3.15. The minimum absolute atomic E-state index is 0.464. The molecule has 1 aliphatic carbocycles. The molecule has 2 nitrogen and oxygen atoms in total. The highest BCUT2D eigenvalue weighted by Gasteiger charge is 2.31. The first-order chi connectivity index (χ1) is 9.72. The lowest BCUT2D eigenvalue weighted by Gasteiger charge is -2.38. The molecule has 1 aliphatic rings. The fraction of sp³-hybridized carbons (Fsp3) is 0.412. The molecule has 0 radical (unpaired) electrons. The van der Waals surface area contributed by atoms with E-state index in [1.54, 1.807) is 6.26 Å². The number of furan rings is 1. The van der Waals surface area contributed by atoms with Crippen LogP contribution < -0.4 is 5.32 Å². The van der Waals surface area contributed by atoms with Gasteiger partial charge in [0, 0.05) is 23.0 Å². The molecule has 3 heteroatoms. The summed E-state index contributed by atoms with van der Waals surface area (Å²) in [6.45, 7) is 2.23. The molecule has 3 rings (SSSR count). The number of hydrogen-bond donors (Lipinski definition) is 1. The molecule has 1 unspecified atom stereocenters. The Kier molecular flexibility index (Phi) is 4.27. The summed E-state index contributed by atoms with van der Waals surface area (Å²) >= 11 is 3.65. The summed E-state index contributed by atoms with van der Waals surface area (Å²) in [6, 6.07) is 13.7. The van der Waals surface area contributed by atoms with Crippen LogP contribution in [0.4, 0.5) is 0 Å². The zero-order chi connectivity index (χ0) is 13.9. The fourth-order valence-corrected chi connectivity index (χ4v) is 3.61. The highest BCUT2D eigenvalue weighted by atomic mass is 79.9. The van der Waals surface area contributed by atoms with Crippen LogP contribution in [-0.2, 0) is 6.42 Å². The normalized spacial score (nSPS) is 23.3. The Hall–Kier alpha value is -1.06. The molecule has 106 valence electrons. The summed E-state index contributed by atoms with van der Waals surface area (Å²) in [5.41, 5.74) is 1.45. The Morgan fingerprint density at radius 2 is 2.05 bits per heavy atom. The molecule has 0 aliphatic heterocycles. The molecule has 1 heterocycles. The summed E-state index contributed by atoms with van der Waals surface area (Å²) < 4.78 is 6.64. The molecule has 0 amide bonds. The van der Waals surface area contributed by atoms with Gasteiger partial charge in [-0.1, -0.05) is 34.1 Å². The third-order valence-electron chi connectivity index (χ3n) is 4.09. The summed E-state index contributed by atoms with van der Waals surface area (Å²) in [4.78, 5) is 0. The summed E-state index contributed by atoms with van der Waals surface area (Å²) in [6.07, 6.45) is 5.16. The second-order valence-corrected chi connectivity index (χ2v) is 6.59. The molecule has 1 aromatic heterocycles. The predicted molar refractivity (Wildman–Crippen MR) is 84.9 cm³/mol. The second kappa shape index (κ2) is 6.15. The van der Waals surface area contributed by atoms with E-state index in [-0.39, 0.29) is 0 Å². The van der Waals surface area contributed by atoms with Gasteiger partial charge in [0.25, 0.3) is 0 Å². The molecule has 1 aromatic carbocycles. The highest BCUT2D eigenvalue weighted by molar-refractivity contribution is 9.10. The van der Waals surface area contributed by atoms with Gasteiger partial charge < -0.3 is 9.73 Å². The molecule has 20 heavy (non-hydrogen) atoms. The standard InChI is InChI=1S/C17H20BrNO/c1-12(9-15-5-4-8-20-15)19-14-10-13(11-14)16-6-2-3-7-17(16)18/h2-8,12-14,19H,9-11H2,1H3. The first-order valence-electron chi connectivity index (χ1n) is 7.25. The first-order valence-corrected chi connectivity index (χ1v) is 8.04. The Morgan fingerprint density at radius 1 is 1.25 bits per heavy atom. The molecule has 1 atom stereocenters. The van der Waals surface area contributed by atoms with Gasteiger partial charge in [-0.3, -0.25) is 0 Å². The van der Waals surface area contributed by atoms with Crippen molar-refractivity contribution in [3.63, 3.8) is 0 Å². The van der Waals surface area contributed by atoms with Crippen molar-refractivity contribution in [1.82, 2.24) is 5.32 Å². The second-order valence-electron chi connectivity index (χ2n) is 5.74. The lowest BCUT2D eigenvalue weighted by molar-refractivity contribution is 0.265. The van der Waals surface area contributed by atoms with Crippen LogP contribution in [0.3, 0.4) is 0 Å². The van der Waals surface area contributed by atoms with Gasteiger partial charge >= 0.3 is 0 Å². The van der Waals surface area contributed by atoms with E-state index >= 15 is 0 Å². The zero-order valence-electron chi connectivity index (χ0n) is 11.7. The summed E-state index contributed by atoms with van der Waals surface area (Å²) in [5, 5.41) is 3.70. The smallest absolute Gasteiger partial charge is 0.105 e. The predicted octanol–water partition coefficient (Wildman–Crippen LogP) is 4.51. The van der Waals surface area contributed by atoms with Gasteiger partial charge in [0.2, 0.25) is 0 Å². The molecule has 1 fully saturated rings.